The highest BCUT2D eigenvalue weighted by Gasteiger charge is 2.31. The van der Waals surface area contributed by atoms with E-state index in [4.69, 9.17) is 0 Å². The Morgan fingerprint density at radius 3 is 3.00 bits per heavy atom. The molecule has 1 aromatic heterocycles. The lowest BCUT2D eigenvalue weighted by molar-refractivity contribution is 0.172. The van der Waals surface area contributed by atoms with Gasteiger partial charge in [0, 0.05) is 33.6 Å². The van der Waals surface area contributed by atoms with Gasteiger partial charge in [-0.2, -0.15) is 23.5 Å². The Labute approximate surface area is 128 Å². The molecule has 2 aromatic rings. The van der Waals surface area contributed by atoms with Crippen molar-refractivity contribution in [3.63, 3.8) is 0 Å². The number of fused-ring (bicyclic) bond motifs is 1. The Balaban J connectivity index is 1.89. The number of hydrogen-bond donors (Lipinski definition) is 1. The topological polar surface area (TPSA) is 33.1 Å². The minimum Gasteiger partial charge on any atom is -0.387 e. The van der Waals surface area contributed by atoms with E-state index in [0.29, 0.717) is 10.5 Å². The summed E-state index contributed by atoms with van der Waals surface area (Å²) in [4.78, 5) is 4.33. The number of nitrogens with zero attached hydrogens (tertiary/aromatic N) is 1. The molecule has 0 radical (unpaired) electrons. The Morgan fingerprint density at radius 1 is 1.30 bits per heavy atom. The fraction of sp³-hybridized carbons (Fsp3) is 0.438. The van der Waals surface area contributed by atoms with Gasteiger partial charge in [0.15, 0.2) is 0 Å². The second-order valence-corrected chi connectivity index (χ2v) is 7.69. The van der Waals surface area contributed by atoms with Gasteiger partial charge in [0.05, 0.1) is 11.6 Å². The van der Waals surface area contributed by atoms with E-state index in [1.165, 1.54) is 5.75 Å². The summed E-state index contributed by atoms with van der Waals surface area (Å²) in [6.45, 7) is 2.22. The molecule has 1 fully saturated rings. The molecular weight excluding hydrogens is 286 g/mol. The average Bonchev–Trinajstić information content (AvgIpc) is 2.53. The zero-order chi connectivity index (χ0) is 13.9. The van der Waals surface area contributed by atoms with Gasteiger partial charge in [0.1, 0.15) is 0 Å². The van der Waals surface area contributed by atoms with E-state index >= 15 is 0 Å². The van der Waals surface area contributed by atoms with E-state index in [0.717, 1.165) is 28.6 Å². The largest absolute Gasteiger partial charge is 0.387 e. The Bertz CT molecular complexity index is 589. The lowest BCUT2D eigenvalue weighted by Crippen LogP contribution is -2.31. The van der Waals surface area contributed by atoms with Crippen LogP contribution in [0.15, 0.2) is 36.5 Å². The normalized spacial score (nSPS) is 24.7. The van der Waals surface area contributed by atoms with Gasteiger partial charge in [0.25, 0.3) is 0 Å². The van der Waals surface area contributed by atoms with Crippen LogP contribution in [0.25, 0.3) is 10.9 Å². The summed E-state index contributed by atoms with van der Waals surface area (Å²) in [5.74, 6) is 2.34. The van der Waals surface area contributed by atoms with E-state index in [-0.39, 0.29) is 6.10 Å². The quantitative estimate of drug-likeness (QED) is 0.932. The van der Waals surface area contributed by atoms with E-state index in [2.05, 4.69) is 24.0 Å². The molecule has 2 heterocycles. The van der Waals surface area contributed by atoms with Gasteiger partial charge in [-0.3, -0.25) is 4.98 Å². The zero-order valence-electron chi connectivity index (χ0n) is 11.5. The smallest absolute Gasteiger partial charge is 0.0919 e. The van der Waals surface area contributed by atoms with Gasteiger partial charge in [0.2, 0.25) is 0 Å². The molecule has 3 unspecified atom stereocenters. The number of pyridine rings is 1. The number of thioether (sulfide) groups is 2. The van der Waals surface area contributed by atoms with Gasteiger partial charge in [-0.1, -0.05) is 19.1 Å². The standard InChI is InChI=1S/C16H19NOS2/c1-2-14-16(20-9-8-19-14)15(18)12-5-6-13-11(10-12)4-3-7-17-13/h3-7,10,14-16,18H,2,8-9H2,1H3. The number of rotatable bonds is 3. The first-order valence-corrected chi connectivity index (χ1v) is 9.15. The monoisotopic (exact) mass is 305 g/mol. The minimum absolute atomic E-state index is 0.299. The molecule has 3 rings (SSSR count). The summed E-state index contributed by atoms with van der Waals surface area (Å²) in [5.41, 5.74) is 2.00. The molecule has 0 saturated carbocycles. The Kier molecular flexibility index (Phi) is 4.54. The third-order valence-electron chi connectivity index (χ3n) is 3.77. The maximum atomic E-state index is 10.8. The predicted octanol–water partition coefficient (Wildman–Crippen LogP) is 3.90. The van der Waals surface area contributed by atoms with Crippen molar-refractivity contribution in [2.75, 3.05) is 11.5 Å². The van der Waals surface area contributed by atoms with Crippen molar-refractivity contribution in [1.29, 1.82) is 0 Å². The SMILES string of the molecule is CCC1SCCSC1C(O)c1ccc2ncccc2c1. The average molecular weight is 305 g/mol. The van der Waals surface area contributed by atoms with Crippen molar-refractivity contribution in [1.82, 2.24) is 4.98 Å². The van der Waals surface area contributed by atoms with Crippen LogP contribution in [-0.2, 0) is 0 Å². The molecule has 1 aromatic carbocycles. The van der Waals surface area contributed by atoms with Crippen LogP contribution in [0.1, 0.15) is 25.0 Å². The van der Waals surface area contributed by atoms with Crippen molar-refractivity contribution >= 4 is 34.4 Å². The molecule has 0 spiro atoms. The van der Waals surface area contributed by atoms with Crippen LogP contribution in [0.5, 0.6) is 0 Å². The molecule has 1 aliphatic rings. The fourth-order valence-electron chi connectivity index (χ4n) is 2.70. The van der Waals surface area contributed by atoms with Crippen molar-refractivity contribution < 1.29 is 5.11 Å². The molecule has 3 atom stereocenters. The summed E-state index contributed by atoms with van der Waals surface area (Å²) in [5, 5.41) is 12.7. The molecular formula is C16H19NOS2. The van der Waals surface area contributed by atoms with Crippen LogP contribution in [0.4, 0.5) is 0 Å². The summed E-state index contributed by atoms with van der Waals surface area (Å²) in [6, 6.07) is 10.1. The van der Waals surface area contributed by atoms with E-state index < -0.39 is 0 Å². The van der Waals surface area contributed by atoms with Crippen molar-refractivity contribution in [3.8, 4) is 0 Å². The molecule has 1 saturated heterocycles. The summed E-state index contributed by atoms with van der Waals surface area (Å²) < 4.78 is 0. The number of aliphatic hydroxyl groups is 1. The molecule has 4 heteroatoms. The van der Waals surface area contributed by atoms with Crippen molar-refractivity contribution in [3.05, 3.63) is 42.1 Å². The summed E-state index contributed by atoms with van der Waals surface area (Å²) in [6.07, 6.45) is 2.54. The molecule has 2 nitrogen and oxygen atoms in total. The third kappa shape index (κ3) is 2.83. The van der Waals surface area contributed by atoms with Gasteiger partial charge in [-0.05, 0) is 30.2 Å². The first kappa shape index (κ1) is 14.2. The van der Waals surface area contributed by atoms with Crippen LogP contribution in [0, 0.1) is 0 Å². The molecule has 20 heavy (non-hydrogen) atoms. The predicted molar refractivity (Wildman–Crippen MR) is 89.5 cm³/mol. The van der Waals surface area contributed by atoms with Crippen LogP contribution in [0.2, 0.25) is 0 Å². The van der Waals surface area contributed by atoms with Gasteiger partial charge < -0.3 is 5.11 Å². The molecule has 0 aliphatic carbocycles. The molecule has 0 amide bonds. The molecule has 1 N–H and O–H groups in total. The molecule has 106 valence electrons. The lowest BCUT2D eigenvalue weighted by Gasteiger charge is -2.33. The third-order valence-corrected chi connectivity index (χ3v) is 7.11. The Hall–Kier alpha value is -0.710. The number of aliphatic hydroxyl groups excluding tert-OH is 1. The summed E-state index contributed by atoms with van der Waals surface area (Å²) in [7, 11) is 0. The van der Waals surface area contributed by atoms with Crippen LogP contribution >= 0.6 is 23.5 Å². The Morgan fingerprint density at radius 2 is 2.15 bits per heavy atom. The number of hydrogen-bond acceptors (Lipinski definition) is 4. The second kappa shape index (κ2) is 6.37. The van der Waals surface area contributed by atoms with E-state index in [9.17, 15) is 5.11 Å². The van der Waals surface area contributed by atoms with Crippen LogP contribution < -0.4 is 0 Å². The summed E-state index contributed by atoms with van der Waals surface area (Å²) >= 11 is 3.92. The lowest BCUT2D eigenvalue weighted by atomic mass is 10.0. The highest BCUT2D eigenvalue weighted by Crippen LogP contribution is 2.40. The van der Waals surface area contributed by atoms with E-state index in [1.807, 2.05) is 41.7 Å². The highest BCUT2D eigenvalue weighted by molar-refractivity contribution is 8.07. The number of aromatic nitrogens is 1. The first-order valence-electron chi connectivity index (χ1n) is 7.05. The fourth-order valence-corrected chi connectivity index (χ4v) is 5.84. The maximum absolute atomic E-state index is 10.8. The molecule has 0 bridgehead atoms. The molecule has 1 aliphatic heterocycles. The first-order chi connectivity index (χ1) is 9.79. The maximum Gasteiger partial charge on any atom is 0.0919 e. The van der Waals surface area contributed by atoms with Crippen LogP contribution in [0.3, 0.4) is 0 Å². The van der Waals surface area contributed by atoms with Crippen molar-refractivity contribution in [2.24, 2.45) is 0 Å². The van der Waals surface area contributed by atoms with Gasteiger partial charge in [-0.15, -0.1) is 0 Å². The minimum atomic E-state index is -0.387. The van der Waals surface area contributed by atoms with Crippen molar-refractivity contribution in [2.45, 2.75) is 29.9 Å². The van der Waals surface area contributed by atoms with Crippen LogP contribution in [-0.4, -0.2) is 32.1 Å². The van der Waals surface area contributed by atoms with Gasteiger partial charge >= 0.3 is 0 Å². The highest BCUT2D eigenvalue weighted by atomic mass is 32.2. The van der Waals surface area contributed by atoms with Gasteiger partial charge in [-0.25, -0.2) is 0 Å². The second-order valence-electron chi connectivity index (χ2n) is 5.05. The van der Waals surface area contributed by atoms with E-state index in [1.54, 1.807) is 6.20 Å². The zero-order valence-corrected chi connectivity index (χ0v) is 13.2. The number of benzene rings is 1.